The summed E-state index contributed by atoms with van der Waals surface area (Å²) in [5.41, 5.74) is 2.46. The first-order valence-corrected chi connectivity index (χ1v) is 13.2. The molecule has 8 heteroatoms. The van der Waals surface area contributed by atoms with E-state index in [2.05, 4.69) is 67.6 Å². The van der Waals surface area contributed by atoms with Gasteiger partial charge in [0, 0.05) is 11.5 Å². The molecule has 2 amide bonds. The molecule has 4 rings (SSSR count). The number of piperidine rings is 1. The number of rotatable bonds is 7. The molecular weight excluding hydrogens is 478 g/mol. The van der Waals surface area contributed by atoms with Gasteiger partial charge in [-0.1, -0.05) is 60.7 Å². The fourth-order valence-corrected chi connectivity index (χ4v) is 4.91. The molecular formula is C30H39N5O3. The minimum absolute atomic E-state index is 0.137. The van der Waals surface area contributed by atoms with Gasteiger partial charge in [-0.25, -0.2) is 9.48 Å². The number of alkyl carbamates (subject to hydrolysis) is 1. The molecule has 1 aliphatic rings. The highest BCUT2D eigenvalue weighted by atomic mass is 16.5. The summed E-state index contributed by atoms with van der Waals surface area (Å²) in [5, 5.41) is 10.7. The SMILES string of the molecule is CC(NC(=O)OCc1ccccc1)C(=O)Nc1cc(C2(c3ccccc3)CCN(C)CC2)nn1C(C)(C)C. The number of nitrogens with zero attached hydrogens (tertiary/aromatic N) is 3. The van der Waals surface area contributed by atoms with Crippen LogP contribution in [0.4, 0.5) is 10.6 Å². The highest BCUT2D eigenvalue weighted by Crippen LogP contribution is 2.42. The second-order valence-corrected chi connectivity index (χ2v) is 11.2. The number of amides is 2. The molecule has 0 spiro atoms. The summed E-state index contributed by atoms with van der Waals surface area (Å²) in [6.45, 7) is 9.89. The Morgan fingerprint density at radius 2 is 1.63 bits per heavy atom. The third-order valence-electron chi connectivity index (χ3n) is 7.19. The van der Waals surface area contributed by atoms with E-state index in [0.717, 1.165) is 37.2 Å². The minimum atomic E-state index is -0.795. The number of carbonyl (C=O) groups excluding carboxylic acids is 2. The van der Waals surface area contributed by atoms with Gasteiger partial charge in [0.2, 0.25) is 5.91 Å². The molecule has 0 radical (unpaired) electrons. The molecule has 1 saturated heterocycles. The smallest absolute Gasteiger partial charge is 0.408 e. The molecule has 1 atom stereocenters. The Kier molecular flexibility index (Phi) is 8.21. The number of hydrogen-bond donors (Lipinski definition) is 2. The van der Waals surface area contributed by atoms with Crippen molar-refractivity contribution in [3.63, 3.8) is 0 Å². The first-order chi connectivity index (χ1) is 18.1. The molecule has 1 unspecified atom stereocenters. The van der Waals surface area contributed by atoms with Gasteiger partial charge in [0.05, 0.1) is 11.2 Å². The lowest BCUT2D eigenvalue weighted by Gasteiger charge is -2.40. The van der Waals surface area contributed by atoms with E-state index >= 15 is 0 Å². The number of aromatic nitrogens is 2. The van der Waals surface area contributed by atoms with E-state index in [9.17, 15) is 9.59 Å². The molecule has 2 aromatic carbocycles. The molecule has 38 heavy (non-hydrogen) atoms. The third kappa shape index (κ3) is 6.25. The van der Waals surface area contributed by atoms with Gasteiger partial charge >= 0.3 is 6.09 Å². The second kappa shape index (κ2) is 11.4. The molecule has 1 fully saturated rings. The number of hydrogen-bond acceptors (Lipinski definition) is 5. The van der Waals surface area contributed by atoms with Crippen LogP contribution in [0, 0.1) is 0 Å². The lowest BCUT2D eigenvalue weighted by atomic mass is 9.70. The van der Waals surface area contributed by atoms with Crippen LogP contribution >= 0.6 is 0 Å². The van der Waals surface area contributed by atoms with Gasteiger partial charge in [0.15, 0.2) is 0 Å². The molecule has 0 aliphatic carbocycles. The summed E-state index contributed by atoms with van der Waals surface area (Å²) >= 11 is 0. The quantitative estimate of drug-likeness (QED) is 0.465. The van der Waals surface area contributed by atoms with E-state index in [1.165, 1.54) is 5.56 Å². The fraction of sp³-hybridized carbons (Fsp3) is 0.433. The molecule has 2 N–H and O–H groups in total. The Labute approximate surface area is 225 Å². The van der Waals surface area contributed by atoms with Crippen LogP contribution in [-0.2, 0) is 27.1 Å². The van der Waals surface area contributed by atoms with Crippen LogP contribution < -0.4 is 10.6 Å². The second-order valence-electron chi connectivity index (χ2n) is 11.2. The number of likely N-dealkylation sites (tertiary alicyclic amines) is 1. The lowest BCUT2D eigenvalue weighted by molar-refractivity contribution is -0.117. The van der Waals surface area contributed by atoms with Crippen LogP contribution in [0.2, 0.25) is 0 Å². The van der Waals surface area contributed by atoms with Crippen molar-refractivity contribution in [3.8, 4) is 0 Å². The number of benzene rings is 2. The van der Waals surface area contributed by atoms with Crippen LogP contribution in [0.3, 0.4) is 0 Å². The number of anilines is 1. The lowest BCUT2D eigenvalue weighted by Crippen LogP contribution is -2.42. The molecule has 2 heterocycles. The van der Waals surface area contributed by atoms with Crippen molar-refractivity contribution in [2.45, 2.75) is 64.1 Å². The zero-order chi connectivity index (χ0) is 27.3. The predicted octanol–water partition coefficient (Wildman–Crippen LogP) is 4.90. The van der Waals surface area contributed by atoms with Crippen molar-refractivity contribution in [2.75, 3.05) is 25.5 Å². The zero-order valence-corrected chi connectivity index (χ0v) is 23.0. The van der Waals surface area contributed by atoms with E-state index in [-0.39, 0.29) is 23.5 Å². The Balaban J connectivity index is 1.53. The van der Waals surface area contributed by atoms with Crippen molar-refractivity contribution < 1.29 is 14.3 Å². The zero-order valence-electron chi connectivity index (χ0n) is 23.0. The molecule has 202 valence electrons. The van der Waals surface area contributed by atoms with Gasteiger partial charge in [0.1, 0.15) is 18.5 Å². The van der Waals surface area contributed by atoms with E-state index in [1.807, 2.05) is 47.1 Å². The highest BCUT2D eigenvalue weighted by molar-refractivity contribution is 5.95. The van der Waals surface area contributed by atoms with Gasteiger partial charge in [-0.15, -0.1) is 0 Å². The van der Waals surface area contributed by atoms with Gasteiger partial charge in [-0.05, 0) is 71.8 Å². The average molecular weight is 518 g/mol. The Morgan fingerprint density at radius 1 is 1.03 bits per heavy atom. The van der Waals surface area contributed by atoms with Crippen molar-refractivity contribution in [3.05, 3.63) is 83.6 Å². The Morgan fingerprint density at radius 3 is 2.24 bits per heavy atom. The van der Waals surface area contributed by atoms with Crippen LogP contribution in [-0.4, -0.2) is 52.9 Å². The Bertz CT molecular complexity index is 1230. The summed E-state index contributed by atoms with van der Waals surface area (Å²) in [4.78, 5) is 27.8. The van der Waals surface area contributed by atoms with Gasteiger partial charge in [-0.3, -0.25) is 4.79 Å². The standard InChI is InChI=1S/C30H39N5O3/c1-22(31-28(37)38-21-23-12-8-6-9-13-23)27(36)32-26-20-25(33-35(26)29(2,3)4)30(16-18-34(5)19-17-30)24-14-10-7-11-15-24/h6-15,20,22H,16-19,21H2,1-5H3,(H,31,37)(H,32,36). The van der Waals surface area contributed by atoms with Crippen molar-refractivity contribution >= 4 is 17.8 Å². The van der Waals surface area contributed by atoms with Crippen molar-refractivity contribution in [1.29, 1.82) is 0 Å². The summed E-state index contributed by atoms with van der Waals surface area (Å²) in [6.07, 6.45) is 1.23. The molecule has 8 nitrogen and oxygen atoms in total. The van der Waals surface area contributed by atoms with E-state index in [4.69, 9.17) is 9.84 Å². The van der Waals surface area contributed by atoms with Crippen LogP contribution in [0.1, 0.15) is 57.4 Å². The summed E-state index contributed by atoms with van der Waals surface area (Å²) in [7, 11) is 2.15. The first-order valence-electron chi connectivity index (χ1n) is 13.2. The molecule has 0 bridgehead atoms. The Hall–Kier alpha value is -3.65. The van der Waals surface area contributed by atoms with Crippen LogP contribution in [0.15, 0.2) is 66.7 Å². The summed E-state index contributed by atoms with van der Waals surface area (Å²) < 4.78 is 7.16. The molecule has 3 aromatic rings. The maximum absolute atomic E-state index is 13.2. The summed E-state index contributed by atoms with van der Waals surface area (Å²) in [5.74, 6) is 0.272. The highest BCUT2D eigenvalue weighted by Gasteiger charge is 2.40. The van der Waals surface area contributed by atoms with Crippen LogP contribution in [0.25, 0.3) is 0 Å². The van der Waals surface area contributed by atoms with Crippen molar-refractivity contribution in [2.24, 2.45) is 0 Å². The van der Waals surface area contributed by atoms with Gasteiger partial charge in [0.25, 0.3) is 0 Å². The fourth-order valence-electron chi connectivity index (χ4n) is 4.91. The van der Waals surface area contributed by atoms with E-state index in [0.29, 0.717) is 5.82 Å². The maximum atomic E-state index is 13.2. The van der Waals surface area contributed by atoms with Gasteiger partial charge < -0.3 is 20.3 Å². The normalized spacial score (nSPS) is 16.4. The number of nitrogens with one attached hydrogen (secondary N) is 2. The average Bonchev–Trinajstić information content (AvgIpc) is 3.34. The maximum Gasteiger partial charge on any atom is 0.408 e. The van der Waals surface area contributed by atoms with Crippen molar-refractivity contribution in [1.82, 2.24) is 20.0 Å². The molecule has 1 aliphatic heterocycles. The van der Waals surface area contributed by atoms with Gasteiger partial charge in [-0.2, -0.15) is 5.10 Å². The minimum Gasteiger partial charge on any atom is -0.445 e. The van der Waals surface area contributed by atoms with Crippen LogP contribution in [0.5, 0.6) is 0 Å². The van der Waals surface area contributed by atoms with E-state index < -0.39 is 12.1 Å². The number of ether oxygens (including phenoxy) is 1. The third-order valence-corrected chi connectivity index (χ3v) is 7.19. The summed E-state index contributed by atoms with van der Waals surface area (Å²) in [6, 6.07) is 21.1. The first kappa shape index (κ1) is 27.4. The largest absolute Gasteiger partial charge is 0.445 e. The molecule has 1 aromatic heterocycles. The topological polar surface area (TPSA) is 88.5 Å². The molecule has 0 saturated carbocycles. The monoisotopic (exact) mass is 517 g/mol. The van der Waals surface area contributed by atoms with E-state index in [1.54, 1.807) is 6.92 Å². The number of carbonyl (C=O) groups is 2. The predicted molar refractivity (Wildman–Crippen MR) is 149 cm³/mol.